The molecule has 0 atom stereocenters. The topological polar surface area (TPSA) is 66.2 Å². The Kier molecular flexibility index (Phi) is 5.63. The number of benzene rings is 1. The van der Waals surface area contributed by atoms with Gasteiger partial charge in [0.05, 0.1) is 25.5 Å². The van der Waals surface area contributed by atoms with Crippen molar-refractivity contribution in [1.29, 1.82) is 0 Å². The third-order valence-corrected chi connectivity index (χ3v) is 6.00. The summed E-state index contributed by atoms with van der Waals surface area (Å²) in [5, 5.41) is 0. The standard InChI is InChI=1S/C23H27N3O4/c1-24-12-10-17(11-13-24)25(2)21-20(16-6-8-18(29-3)9-7-16)22(27)26(23(21)28)15-19-5-4-14-30-19/h4-9,14,17H,10-13,15H2,1-3H3. The largest absolute Gasteiger partial charge is 0.497 e. The van der Waals surface area contributed by atoms with Crippen LogP contribution in [0.5, 0.6) is 5.75 Å². The second kappa shape index (κ2) is 8.36. The van der Waals surface area contributed by atoms with Gasteiger partial charge in [-0.25, -0.2) is 0 Å². The van der Waals surface area contributed by atoms with E-state index in [1.54, 1.807) is 25.5 Å². The highest BCUT2D eigenvalue weighted by Crippen LogP contribution is 2.35. The first-order chi connectivity index (χ1) is 14.5. The predicted octanol–water partition coefficient (Wildman–Crippen LogP) is 2.59. The monoisotopic (exact) mass is 409 g/mol. The minimum Gasteiger partial charge on any atom is -0.497 e. The molecule has 7 heteroatoms. The van der Waals surface area contributed by atoms with Crippen LogP contribution in [0.15, 0.2) is 52.8 Å². The molecular formula is C23H27N3O4. The fraction of sp³-hybridized carbons (Fsp3) is 0.391. The molecule has 3 heterocycles. The average molecular weight is 409 g/mol. The van der Waals surface area contributed by atoms with E-state index in [9.17, 15) is 9.59 Å². The molecule has 30 heavy (non-hydrogen) atoms. The van der Waals surface area contributed by atoms with Gasteiger partial charge in [0.15, 0.2) is 0 Å². The molecule has 0 unspecified atom stereocenters. The van der Waals surface area contributed by atoms with Crippen molar-refractivity contribution in [1.82, 2.24) is 14.7 Å². The molecule has 0 bridgehead atoms. The van der Waals surface area contributed by atoms with E-state index in [0.29, 0.717) is 28.3 Å². The number of hydrogen-bond donors (Lipinski definition) is 0. The fourth-order valence-electron chi connectivity index (χ4n) is 4.18. The molecule has 1 aromatic heterocycles. The van der Waals surface area contributed by atoms with Gasteiger partial charge in [-0.3, -0.25) is 14.5 Å². The number of piperidine rings is 1. The van der Waals surface area contributed by atoms with Gasteiger partial charge in [-0.05, 0) is 62.8 Å². The minimum atomic E-state index is -0.295. The second-order valence-corrected chi connectivity index (χ2v) is 7.87. The van der Waals surface area contributed by atoms with Crippen LogP contribution >= 0.6 is 0 Å². The van der Waals surface area contributed by atoms with Crippen molar-refractivity contribution in [3.8, 4) is 5.75 Å². The van der Waals surface area contributed by atoms with Gasteiger partial charge in [-0.1, -0.05) is 12.1 Å². The Labute approximate surface area is 176 Å². The highest BCUT2D eigenvalue weighted by Gasteiger charge is 2.42. The smallest absolute Gasteiger partial charge is 0.278 e. The molecular weight excluding hydrogens is 382 g/mol. The zero-order valence-electron chi connectivity index (χ0n) is 17.6. The summed E-state index contributed by atoms with van der Waals surface area (Å²) in [6, 6.07) is 11.0. The van der Waals surface area contributed by atoms with Crippen molar-refractivity contribution in [3.05, 3.63) is 59.7 Å². The second-order valence-electron chi connectivity index (χ2n) is 7.87. The fourth-order valence-corrected chi connectivity index (χ4v) is 4.18. The normalized spacial score (nSPS) is 18.4. The van der Waals surface area contributed by atoms with Crippen LogP contribution in [0.3, 0.4) is 0 Å². The van der Waals surface area contributed by atoms with E-state index in [-0.39, 0.29) is 24.4 Å². The molecule has 0 radical (unpaired) electrons. The molecule has 0 spiro atoms. The summed E-state index contributed by atoms with van der Waals surface area (Å²) in [7, 11) is 5.63. The first-order valence-corrected chi connectivity index (χ1v) is 10.2. The molecule has 4 rings (SSSR count). The van der Waals surface area contributed by atoms with Gasteiger partial charge in [0, 0.05) is 13.1 Å². The van der Waals surface area contributed by atoms with Crippen LogP contribution < -0.4 is 4.74 Å². The van der Waals surface area contributed by atoms with E-state index in [2.05, 4.69) is 11.9 Å². The van der Waals surface area contributed by atoms with Crippen LogP contribution in [-0.2, 0) is 16.1 Å². The summed E-state index contributed by atoms with van der Waals surface area (Å²) in [6.07, 6.45) is 3.45. The number of carbonyl (C=O) groups excluding carboxylic acids is 2. The van der Waals surface area contributed by atoms with E-state index in [1.807, 2.05) is 36.2 Å². The SMILES string of the molecule is COc1ccc(C2=C(N(C)C3CCN(C)CC3)C(=O)N(Cc3ccco3)C2=O)cc1. The van der Waals surface area contributed by atoms with E-state index in [0.717, 1.165) is 25.9 Å². The molecule has 7 nitrogen and oxygen atoms in total. The lowest BCUT2D eigenvalue weighted by Crippen LogP contribution is -2.43. The number of furan rings is 1. The molecule has 1 aromatic carbocycles. The number of likely N-dealkylation sites (tertiary alicyclic amines) is 1. The Bertz CT molecular complexity index is 941. The van der Waals surface area contributed by atoms with Crippen LogP contribution in [0.2, 0.25) is 0 Å². The van der Waals surface area contributed by atoms with Gasteiger partial charge >= 0.3 is 0 Å². The third kappa shape index (κ3) is 3.73. The molecule has 158 valence electrons. The van der Waals surface area contributed by atoms with E-state index in [1.165, 1.54) is 4.90 Å². The number of nitrogens with zero attached hydrogens (tertiary/aromatic N) is 3. The predicted molar refractivity (Wildman–Crippen MR) is 112 cm³/mol. The average Bonchev–Trinajstić information content (AvgIpc) is 3.36. The summed E-state index contributed by atoms with van der Waals surface area (Å²) in [5.74, 6) is 0.711. The van der Waals surface area contributed by atoms with Crippen LogP contribution in [-0.4, -0.2) is 66.9 Å². The van der Waals surface area contributed by atoms with Gasteiger partial charge in [-0.2, -0.15) is 0 Å². The molecule has 2 aromatic rings. The third-order valence-electron chi connectivity index (χ3n) is 6.00. The van der Waals surface area contributed by atoms with Crippen molar-refractivity contribution < 1.29 is 18.7 Å². The van der Waals surface area contributed by atoms with Crippen molar-refractivity contribution in [2.75, 3.05) is 34.3 Å². The van der Waals surface area contributed by atoms with Crippen molar-refractivity contribution >= 4 is 17.4 Å². The zero-order valence-corrected chi connectivity index (χ0v) is 17.6. The number of amides is 2. The molecule has 1 fully saturated rings. The zero-order chi connectivity index (χ0) is 21.3. The quantitative estimate of drug-likeness (QED) is 0.684. The molecule has 1 saturated heterocycles. The number of carbonyl (C=O) groups is 2. The molecule has 0 N–H and O–H groups in total. The van der Waals surface area contributed by atoms with Crippen LogP contribution in [0.25, 0.3) is 5.57 Å². The van der Waals surface area contributed by atoms with Crippen LogP contribution in [0.1, 0.15) is 24.2 Å². The number of methoxy groups -OCH3 is 1. The van der Waals surface area contributed by atoms with E-state index < -0.39 is 0 Å². The van der Waals surface area contributed by atoms with Gasteiger partial charge in [0.1, 0.15) is 17.2 Å². The van der Waals surface area contributed by atoms with Crippen molar-refractivity contribution in [2.45, 2.75) is 25.4 Å². The van der Waals surface area contributed by atoms with Crippen LogP contribution in [0.4, 0.5) is 0 Å². The maximum absolute atomic E-state index is 13.4. The molecule has 2 aliphatic rings. The summed E-state index contributed by atoms with van der Waals surface area (Å²) in [5.41, 5.74) is 1.62. The summed E-state index contributed by atoms with van der Waals surface area (Å²) in [4.78, 5) is 32.4. The summed E-state index contributed by atoms with van der Waals surface area (Å²) in [6.45, 7) is 2.06. The Morgan fingerprint density at radius 3 is 2.40 bits per heavy atom. The van der Waals surface area contributed by atoms with Gasteiger partial charge in [-0.15, -0.1) is 0 Å². The lowest BCUT2D eigenvalue weighted by Gasteiger charge is -2.36. The lowest BCUT2D eigenvalue weighted by molar-refractivity contribution is -0.138. The Morgan fingerprint density at radius 1 is 1.10 bits per heavy atom. The summed E-state index contributed by atoms with van der Waals surface area (Å²) >= 11 is 0. The maximum atomic E-state index is 13.4. The highest BCUT2D eigenvalue weighted by molar-refractivity contribution is 6.35. The van der Waals surface area contributed by atoms with Crippen molar-refractivity contribution in [2.24, 2.45) is 0 Å². The Morgan fingerprint density at radius 2 is 1.80 bits per heavy atom. The highest BCUT2D eigenvalue weighted by atomic mass is 16.5. The number of hydrogen-bond acceptors (Lipinski definition) is 6. The maximum Gasteiger partial charge on any atom is 0.278 e. The van der Waals surface area contributed by atoms with Crippen molar-refractivity contribution in [3.63, 3.8) is 0 Å². The van der Waals surface area contributed by atoms with Gasteiger partial charge in [0.2, 0.25) is 0 Å². The summed E-state index contributed by atoms with van der Waals surface area (Å²) < 4.78 is 10.6. The number of ether oxygens (including phenoxy) is 1. The number of imide groups is 1. The van der Waals surface area contributed by atoms with Crippen LogP contribution in [0, 0.1) is 0 Å². The minimum absolute atomic E-state index is 0.120. The molecule has 2 aliphatic heterocycles. The first kappa shape index (κ1) is 20.2. The first-order valence-electron chi connectivity index (χ1n) is 10.2. The Hall–Kier alpha value is -3.06. The van der Waals surface area contributed by atoms with Gasteiger partial charge in [0.25, 0.3) is 11.8 Å². The number of rotatable bonds is 6. The van der Waals surface area contributed by atoms with E-state index in [4.69, 9.17) is 9.15 Å². The lowest BCUT2D eigenvalue weighted by atomic mass is 10.00. The van der Waals surface area contributed by atoms with Gasteiger partial charge < -0.3 is 19.0 Å². The molecule has 0 saturated carbocycles. The Balaban J connectivity index is 1.71. The molecule has 0 aliphatic carbocycles. The molecule has 2 amide bonds. The van der Waals surface area contributed by atoms with E-state index >= 15 is 0 Å². The number of likely N-dealkylation sites (N-methyl/N-ethyl adjacent to an activating group) is 1.